The highest BCUT2D eigenvalue weighted by Gasteiger charge is 2.28. The molecule has 0 bridgehead atoms. The van der Waals surface area contributed by atoms with Gasteiger partial charge in [-0.3, -0.25) is 4.99 Å². The summed E-state index contributed by atoms with van der Waals surface area (Å²) in [6, 6.07) is 3.92. The molecule has 0 radical (unpaired) electrons. The molecule has 1 aromatic rings. The lowest BCUT2D eigenvalue weighted by molar-refractivity contribution is 0.612. The van der Waals surface area contributed by atoms with Crippen molar-refractivity contribution in [1.29, 1.82) is 0 Å². The van der Waals surface area contributed by atoms with Crippen molar-refractivity contribution in [3.8, 4) is 5.75 Å². The topological polar surface area (TPSA) is 21.6 Å². The lowest BCUT2D eigenvalue weighted by Gasteiger charge is -2.30. The lowest BCUT2D eigenvalue weighted by atomic mass is 9.78. The Balaban J connectivity index is 2.54. The maximum absolute atomic E-state index is 5.51. The predicted octanol–water partition coefficient (Wildman–Crippen LogP) is 6.10. The van der Waals surface area contributed by atoms with Crippen LogP contribution in [0.2, 0.25) is 0 Å². The molecular weight excluding hydrogens is 282 g/mol. The number of aliphatic imine (C=N–C) groups is 1. The summed E-state index contributed by atoms with van der Waals surface area (Å²) < 4.78 is 4.87. The molecule has 1 aliphatic rings. The molecule has 2 rings (SSSR count). The molecule has 0 aromatic heterocycles. The first kappa shape index (κ1) is 16.1. The number of halogens is 1. The van der Waals surface area contributed by atoms with Gasteiger partial charge in [-0.1, -0.05) is 31.9 Å². The van der Waals surface area contributed by atoms with Gasteiger partial charge in [0.1, 0.15) is 17.6 Å². The van der Waals surface area contributed by atoms with Gasteiger partial charge in [-0.05, 0) is 44.4 Å². The first-order valence-electron chi connectivity index (χ1n) is 7.63. The number of allylic oxidation sites excluding steroid dienone is 2. The molecule has 2 atom stereocenters. The van der Waals surface area contributed by atoms with Crippen LogP contribution in [-0.2, 0) is 0 Å². The highest BCUT2D eigenvalue weighted by atomic mass is 35.5. The van der Waals surface area contributed by atoms with E-state index in [1.165, 1.54) is 28.8 Å². The van der Waals surface area contributed by atoms with E-state index < -0.39 is 0 Å². The highest BCUT2D eigenvalue weighted by Crippen LogP contribution is 2.43. The third-order valence-electron chi connectivity index (χ3n) is 4.36. The van der Waals surface area contributed by atoms with E-state index in [0.29, 0.717) is 17.6 Å². The molecule has 114 valence electrons. The summed E-state index contributed by atoms with van der Waals surface area (Å²) in [7, 11) is 0. The maximum atomic E-state index is 5.51. The van der Waals surface area contributed by atoms with Crippen molar-refractivity contribution in [3.63, 3.8) is 0 Å². The average Bonchev–Trinajstić information content (AvgIpc) is 2.43. The molecule has 21 heavy (non-hydrogen) atoms. The van der Waals surface area contributed by atoms with Crippen molar-refractivity contribution < 1.29 is 4.29 Å². The van der Waals surface area contributed by atoms with Crippen LogP contribution in [0.3, 0.4) is 0 Å². The van der Waals surface area contributed by atoms with Gasteiger partial charge in [0.2, 0.25) is 0 Å². The summed E-state index contributed by atoms with van der Waals surface area (Å²) >= 11 is 5.51. The summed E-state index contributed by atoms with van der Waals surface area (Å²) in [5.41, 5.74) is 6.11. The average molecular weight is 306 g/mol. The SMILES string of the molecule is CCC/C(C)=C\C1c2c(C)cc(OCl)cc2N=C(C)[C@@H]1C. The Bertz CT molecular complexity index is 589. The largest absolute Gasteiger partial charge is 0.386 e. The Labute approximate surface area is 133 Å². The van der Waals surface area contributed by atoms with E-state index in [9.17, 15) is 0 Å². The Morgan fingerprint density at radius 1 is 1.38 bits per heavy atom. The van der Waals surface area contributed by atoms with Crippen LogP contribution in [0.15, 0.2) is 28.8 Å². The minimum absolute atomic E-state index is 0.383. The van der Waals surface area contributed by atoms with E-state index in [0.717, 1.165) is 12.1 Å². The summed E-state index contributed by atoms with van der Waals surface area (Å²) in [6.45, 7) is 10.9. The predicted molar refractivity (Wildman–Crippen MR) is 91.0 cm³/mol. The number of aryl methyl sites for hydroxylation is 1. The zero-order valence-electron chi connectivity index (χ0n) is 13.5. The van der Waals surface area contributed by atoms with Crippen molar-refractivity contribution in [3.05, 3.63) is 34.9 Å². The van der Waals surface area contributed by atoms with Gasteiger partial charge in [-0.15, -0.1) is 0 Å². The van der Waals surface area contributed by atoms with Crippen LogP contribution in [0.1, 0.15) is 57.6 Å². The second-order valence-corrected chi connectivity index (χ2v) is 6.24. The molecule has 0 saturated carbocycles. The summed E-state index contributed by atoms with van der Waals surface area (Å²) in [5, 5.41) is 0. The molecule has 0 amide bonds. The van der Waals surface area contributed by atoms with Gasteiger partial charge in [0.25, 0.3) is 0 Å². The molecular formula is C18H24ClNO. The monoisotopic (exact) mass is 305 g/mol. The van der Waals surface area contributed by atoms with E-state index in [1.54, 1.807) is 0 Å². The molecule has 1 aliphatic heterocycles. The van der Waals surface area contributed by atoms with Crippen LogP contribution in [0.25, 0.3) is 0 Å². The Kier molecular flexibility index (Phi) is 5.10. The van der Waals surface area contributed by atoms with Gasteiger partial charge in [-0.25, -0.2) is 0 Å². The first-order chi connectivity index (χ1) is 9.97. The summed E-state index contributed by atoms with van der Waals surface area (Å²) in [5.74, 6) is 1.46. The van der Waals surface area contributed by atoms with Gasteiger partial charge in [0, 0.05) is 23.6 Å². The van der Waals surface area contributed by atoms with Crippen LogP contribution in [0.4, 0.5) is 5.69 Å². The minimum Gasteiger partial charge on any atom is -0.386 e. The molecule has 0 spiro atoms. The Hall–Kier alpha value is -1.28. The summed E-state index contributed by atoms with van der Waals surface area (Å²) in [6.07, 6.45) is 4.75. The van der Waals surface area contributed by atoms with Gasteiger partial charge in [0.15, 0.2) is 0 Å². The van der Waals surface area contributed by atoms with Crippen LogP contribution in [0, 0.1) is 12.8 Å². The van der Waals surface area contributed by atoms with Crippen LogP contribution < -0.4 is 4.29 Å². The number of hydrogen-bond donors (Lipinski definition) is 0. The van der Waals surface area contributed by atoms with E-state index in [-0.39, 0.29) is 0 Å². The van der Waals surface area contributed by atoms with E-state index in [4.69, 9.17) is 21.1 Å². The zero-order valence-corrected chi connectivity index (χ0v) is 14.3. The molecule has 0 saturated heterocycles. The van der Waals surface area contributed by atoms with Crippen molar-refractivity contribution in [2.45, 2.75) is 53.4 Å². The van der Waals surface area contributed by atoms with Gasteiger partial charge < -0.3 is 4.29 Å². The molecule has 1 aromatic carbocycles. The van der Waals surface area contributed by atoms with Crippen LogP contribution >= 0.6 is 11.9 Å². The quantitative estimate of drug-likeness (QED) is 0.616. The minimum atomic E-state index is 0.383. The van der Waals surface area contributed by atoms with E-state index in [2.05, 4.69) is 40.7 Å². The normalized spacial score (nSPS) is 21.8. The number of fused-ring (bicyclic) bond motifs is 1. The highest BCUT2D eigenvalue weighted by molar-refractivity contribution is 6.09. The standard InChI is InChI=1S/C18H24ClNO/c1-6-7-11(2)8-16-13(4)14(5)20-17-10-15(21-19)9-12(3)18(16)17/h8-10,13,16H,6-7H2,1-5H3/b11-8-/t13-,16?/m0/s1. The first-order valence-corrected chi connectivity index (χ1v) is 7.94. The second kappa shape index (κ2) is 6.65. The van der Waals surface area contributed by atoms with E-state index >= 15 is 0 Å². The Morgan fingerprint density at radius 2 is 2.10 bits per heavy atom. The summed E-state index contributed by atoms with van der Waals surface area (Å²) in [4.78, 5) is 4.75. The Morgan fingerprint density at radius 3 is 2.71 bits per heavy atom. The molecule has 1 heterocycles. The van der Waals surface area contributed by atoms with Gasteiger partial charge in [-0.2, -0.15) is 0 Å². The molecule has 1 unspecified atom stereocenters. The number of hydrogen-bond acceptors (Lipinski definition) is 2. The van der Waals surface area contributed by atoms with Crippen LogP contribution in [0.5, 0.6) is 5.75 Å². The molecule has 3 heteroatoms. The fraction of sp³-hybridized carbons (Fsp3) is 0.500. The molecule has 2 nitrogen and oxygen atoms in total. The van der Waals surface area contributed by atoms with Crippen LogP contribution in [-0.4, -0.2) is 5.71 Å². The zero-order chi connectivity index (χ0) is 15.6. The molecule has 0 fully saturated rings. The number of benzene rings is 1. The lowest BCUT2D eigenvalue weighted by Crippen LogP contribution is -2.21. The van der Waals surface area contributed by atoms with E-state index in [1.807, 2.05) is 12.1 Å². The molecule has 0 aliphatic carbocycles. The fourth-order valence-corrected chi connectivity index (χ4v) is 3.22. The van der Waals surface area contributed by atoms with Gasteiger partial charge in [0.05, 0.1) is 5.69 Å². The number of rotatable bonds is 4. The smallest absolute Gasteiger partial charge is 0.148 e. The van der Waals surface area contributed by atoms with Crippen molar-refractivity contribution in [2.24, 2.45) is 10.9 Å². The third kappa shape index (κ3) is 3.32. The molecule has 0 N–H and O–H groups in total. The third-order valence-corrected chi connectivity index (χ3v) is 4.54. The fourth-order valence-electron chi connectivity index (χ4n) is 3.13. The van der Waals surface area contributed by atoms with Gasteiger partial charge >= 0.3 is 0 Å². The van der Waals surface area contributed by atoms with Crippen molar-refractivity contribution in [2.75, 3.05) is 0 Å². The maximum Gasteiger partial charge on any atom is 0.148 e. The van der Waals surface area contributed by atoms with Crippen molar-refractivity contribution in [1.82, 2.24) is 0 Å². The number of nitrogens with zero attached hydrogens (tertiary/aromatic N) is 1. The second-order valence-electron chi connectivity index (χ2n) is 6.08. The van der Waals surface area contributed by atoms with Crippen molar-refractivity contribution >= 4 is 23.3 Å².